The van der Waals surface area contributed by atoms with Crippen LogP contribution in [0.1, 0.15) is 19.4 Å². The molecule has 0 bridgehead atoms. The molecule has 1 heterocycles. The lowest BCUT2D eigenvalue weighted by Crippen LogP contribution is -2.41. The second-order valence-electron chi connectivity index (χ2n) is 4.62. The number of fused-ring (bicyclic) bond motifs is 1. The zero-order valence-corrected chi connectivity index (χ0v) is 11.4. The van der Waals surface area contributed by atoms with E-state index < -0.39 is 0 Å². The molecule has 2 N–H and O–H groups in total. The summed E-state index contributed by atoms with van der Waals surface area (Å²) in [5.74, 6) is 0.566. The van der Waals surface area contributed by atoms with E-state index in [9.17, 15) is 4.79 Å². The second kappa shape index (κ2) is 5.93. The van der Waals surface area contributed by atoms with Gasteiger partial charge in [0.2, 0.25) is 0 Å². The highest BCUT2D eigenvalue weighted by Gasteiger charge is 2.25. The van der Waals surface area contributed by atoms with E-state index in [-0.39, 0.29) is 18.6 Å². The van der Waals surface area contributed by atoms with E-state index in [2.05, 4.69) is 0 Å². The fourth-order valence-corrected chi connectivity index (χ4v) is 2.22. The molecule has 0 spiro atoms. The molecule has 0 aromatic heterocycles. The SMILES string of the molecule is CCOC(=O)CN1CC(C)Oc2cc(CN)ccc21. The van der Waals surface area contributed by atoms with Crippen LogP contribution in [0, 0.1) is 0 Å². The maximum Gasteiger partial charge on any atom is 0.325 e. The third-order valence-electron chi connectivity index (χ3n) is 3.03. The van der Waals surface area contributed by atoms with Crippen LogP contribution in [0.4, 0.5) is 5.69 Å². The Balaban J connectivity index is 2.21. The predicted octanol–water partition coefficient (Wildman–Crippen LogP) is 1.30. The molecule has 1 aromatic carbocycles. The number of benzene rings is 1. The van der Waals surface area contributed by atoms with Gasteiger partial charge in [0.1, 0.15) is 18.4 Å². The summed E-state index contributed by atoms with van der Waals surface area (Å²) in [6.07, 6.45) is 0.0370. The Kier molecular flexibility index (Phi) is 4.27. The molecule has 2 rings (SSSR count). The minimum absolute atomic E-state index is 0.0370. The van der Waals surface area contributed by atoms with Gasteiger partial charge in [-0.05, 0) is 31.5 Å². The number of hydrogen-bond acceptors (Lipinski definition) is 5. The molecule has 1 aromatic rings. The number of carbonyl (C=O) groups is 1. The van der Waals surface area contributed by atoms with Crippen molar-refractivity contribution in [1.29, 1.82) is 0 Å². The number of nitrogens with zero attached hydrogens (tertiary/aromatic N) is 1. The molecule has 19 heavy (non-hydrogen) atoms. The van der Waals surface area contributed by atoms with Crippen molar-refractivity contribution in [1.82, 2.24) is 0 Å². The number of carbonyl (C=O) groups excluding carboxylic acids is 1. The second-order valence-corrected chi connectivity index (χ2v) is 4.62. The zero-order chi connectivity index (χ0) is 13.8. The van der Waals surface area contributed by atoms with Gasteiger partial charge in [-0.15, -0.1) is 0 Å². The van der Waals surface area contributed by atoms with Crippen LogP contribution < -0.4 is 15.4 Å². The smallest absolute Gasteiger partial charge is 0.325 e. The molecule has 1 aliphatic heterocycles. The maximum absolute atomic E-state index is 11.6. The molecule has 0 saturated heterocycles. The summed E-state index contributed by atoms with van der Waals surface area (Å²) in [5, 5.41) is 0. The summed E-state index contributed by atoms with van der Waals surface area (Å²) in [6.45, 7) is 5.59. The van der Waals surface area contributed by atoms with E-state index in [4.69, 9.17) is 15.2 Å². The van der Waals surface area contributed by atoms with Gasteiger partial charge in [0.15, 0.2) is 0 Å². The van der Waals surface area contributed by atoms with E-state index in [0.29, 0.717) is 19.7 Å². The Morgan fingerprint density at radius 3 is 3.05 bits per heavy atom. The van der Waals surface area contributed by atoms with Crippen molar-refractivity contribution in [3.05, 3.63) is 23.8 Å². The zero-order valence-electron chi connectivity index (χ0n) is 11.4. The molecular formula is C14H20N2O3. The van der Waals surface area contributed by atoms with Crippen LogP contribution in [0.15, 0.2) is 18.2 Å². The van der Waals surface area contributed by atoms with E-state index >= 15 is 0 Å². The summed E-state index contributed by atoms with van der Waals surface area (Å²) >= 11 is 0. The highest BCUT2D eigenvalue weighted by atomic mass is 16.5. The molecule has 0 saturated carbocycles. The molecule has 1 aliphatic rings. The standard InChI is InChI=1S/C14H20N2O3/c1-3-18-14(17)9-16-8-10(2)19-13-6-11(7-15)4-5-12(13)16/h4-6,10H,3,7-9,15H2,1-2H3. The molecular weight excluding hydrogens is 244 g/mol. The number of esters is 1. The van der Waals surface area contributed by atoms with Gasteiger partial charge < -0.3 is 20.1 Å². The van der Waals surface area contributed by atoms with E-state index in [0.717, 1.165) is 17.0 Å². The Hall–Kier alpha value is -1.75. The van der Waals surface area contributed by atoms with Gasteiger partial charge in [-0.1, -0.05) is 6.07 Å². The summed E-state index contributed by atoms with van der Waals surface area (Å²) in [6, 6.07) is 5.84. The topological polar surface area (TPSA) is 64.8 Å². The van der Waals surface area contributed by atoms with Crippen molar-refractivity contribution in [2.75, 3.05) is 24.6 Å². The normalized spacial score (nSPS) is 17.6. The van der Waals surface area contributed by atoms with Gasteiger partial charge in [0.05, 0.1) is 18.8 Å². The van der Waals surface area contributed by atoms with Crippen LogP contribution >= 0.6 is 0 Å². The van der Waals surface area contributed by atoms with Gasteiger partial charge in [0.25, 0.3) is 0 Å². The van der Waals surface area contributed by atoms with Crippen molar-refractivity contribution >= 4 is 11.7 Å². The Morgan fingerprint density at radius 2 is 2.37 bits per heavy atom. The van der Waals surface area contributed by atoms with E-state index in [1.54, 1.807) is 6.92 Å². The Bertz CT molecular complexity index is 462. The quantitative estimate of drug-likeness (QED) is 0.830. The minimum atomic E-state index is -0.217. The van der Waals surface area contributed by atoms with Crippen molar-refractivity contribution < 1.29 is 14.3 Å². The number of nitrogens with two attached hydrogens (primary N) is 1. The first-order chi connectivity index (χ1) is 9.13. The first kappa shape index (κ1) is 13.7. The molecule has 1 atom stereocenters. The van der Waals surface area contributed by atoms with Gasteiger partial charge in [0, 0.05) is 6.54 Å². The van der Waals surface area contributed by atoms with E-state index in [1.807, 2.05) is 30.0 Å². The van der Waals surface area contributed by atoms with Gasteiger partial charge in [-0.2, -0.15) is 0 Å². The van der Waals surface area contributed by atoms with E-state index in [1.165, 1.54) is 0 Å². The fourth-order valence-electron chi connectivity index (χ4n) is 2.22. The lowest BCUT2D eigenvalue weighted by atomic mass is 10.1. The predicted molar refractivity (Wildman–Crippen MR) is 73.3 cm³/mol. The van der Waals surface area contributed by atoms with Crippen LogP contribution in [0.5, 0.6) is 5.75 Å². The summed E-state index contributed by atoms with van der Waals surface area (Å²) in [4.78, 5) is 13.6. The molecule has 0 radical (unpaired) electrons. The minimum Gasteiger partial charge on any atom is -0.487 e. The Labute approximate surface area is 113 Å². The maximum atomic E-state index is 11.6. The monoisotopic (exact) mass is 264 g/mol. The molecule has 104 valence electrons. The fraction of sp³-hybridized carbons (Fsp3) is 0.500. The van der Waals surface area contributed by atoms with Crippen molar-refractivity contribution in [2.24, 2.45) is 5.73 Å². The summed E-state index contributed by atoms with van der Waals surface area (Å²) in [5.41, 5.74) is 7.57. The van der Waals surface area contributed by atoms with Crippen LogP contribution in [-0.2, 0) is 16.1 Å². The molecule has 1 unspecified atom stereocenters. The number of rotatable bonds is 4. The van der Waals surface area contributed by atoms with Crippen LogP contribution in [-0.4, -0.2) is 31.8 Å². The van der Waals surface area contributed by atoms with Crippen LogP contribution in [0.2, 0.25) is 0 Å². The number of hydrogen-bond donors (Lipinski definition) is 1. The largest absolute Gasteiger partial charge is 0.487 e. The van der Waals surface area contributed by atoms with Gasteiger partial charge >= 0.3 is 5.97 Å². The van der Waals surface area contributed by atoms with Crippen LogP contribution in [0.25, 0.3) is 0 Å². The first-order valence-corrected chi connectivity index (χ1v) is 6.54. The van der Waals surface area contributed by atoms with Crippen LogP contribution in [0.3, 0.4) is 0 Å². The average Bonchev–Trinajstić information content (AvgIpc) is 2.37. The molecule has 0 amide bonds. The first-order valence-electron chi connectivity index (χ1n) is 6.54. The van der Waals surface area contributed by atoms with Crippen molar-refractivity contribution in [3.63, 3.8) is 0 Å². The Morgan fingerprint density at radius 1 is 1.58 bits per heavy atom. The molecule has 0 fully saturated rings. The number of anilines is 1. The number of ether oxygens (including phenoxy) is 2. The summed E-state index contributed by atoms with van der Waals surface area (Å²) < 4.78 is 10.8. The van der Waals surface area contributed by atoms with Crippen molar-refractivity contribution in [3.8, 4) is 5.75 Å². The van der Waals surface area contributed by atoms with Gasteiger partial charge in [-0.25, -0.2) is 0 Å². The highest BCUT2D eigenvalue weighted by molar-refractivity contribution is 5.77. The third-order valence-corrected chi connectivity index (χ3v) is 3.03. The molecule has 0 aliphatic carbocycles. The third kappa shape index (κ3) is 3.17. The lowest BCUT2D eigenvalue weighted by molar-refractivity contribution is -0.141. The lowest BCUT2D eigenvalue weighted by Gasteiger charge is -2.34. The average molecular weight is 264 g/mol. The summed E-state index contributed by atoms with van der Waals surface area (Å²) in [7, 11) is 0. The van der Waals surface area contributed by atoms with Gasteiger partial charge in [-0.3, -0.25) is 4.79 Å². The van der Waals surface area contributed by atoms with Crippen molar-refractivity contribution in [2.45, 2.75) is 26.5 Å². The molecule has 5 nitrogen and oxygen atoms in total. The molecule has 5 heteroatoms. The highest BCUT2D eigenvalue weighted by Crippen LogP contribution is 2.34.